The monoisotopic (exact) mass is 291 g/mol. The standard InChI is InChI=1S/C15H17NO5/c1-20-15(11-4-6-12(7-5-11)16(18)19)14-9-8-13(21-14)3-2-10-17/h4-9,15,17H,2-3,10H2,1H3. The molecule has 2 rings (SSSR count). The quantitative estimate of drug-likeness (QED) is 0.626. The Balaban J connectivity index is 2.18. The van der Waals surface area contributed by atoms with Gasteiger partial charge in [-0.15, -0.1) is 0 Å². The number of benzene rings is 1. The molecule has 0 amide bonds. The summed E-state index contributed by atoms with van der Waals surface area (Å²) in [4.78, 5) is 10.2. The molecule has 1 aromatic carbocycles. The van der Waals surface area contributed by atoms with Gasteiger partial charge in [-0.05, 0) is 36.2 Å². The summed E-state index contributed by atoms with van der Waals surface area (Å²) in [6, 6.07) is 9.86. The average Bonchev–Trinajstić information content (AvgIpc) is 2.95. The summed E-state index contributed by atoms with van der Waals surface area (Å²) >= 11 is 0. The van der Waals surface area contributed by atoms with Gasteiger partial charge >= 0.3 is 0 Å². The van der Waals surface area contributed by atoms with Gasteiger partial charge in [0.15, 0.2) is 0 Å². The summed E-state index contributed by atoms with van der Waals surface area (Å²) in [5.74, 6) is 1.42. The highest BCUT2D eigenvalue weighted by atomic mass is 16.6. The van der Waals surface area contributed by atoms with Crippen LogP contribution in [0.2, 0.25) is 0 Å². The normalized spacial score (nSPS) is 12.3. The first kappa shape index (κ1) is 15.2. The predicted molar refractivity (Wildman–Crippen MR) is 76.1 cm³/mol. The predicted octanol–water partition coefficient (Wildman–Crippen LogP) is 2.85. The molecule has 1 aromatic heterocycles. The maximum Gasteiger partial charge on any atom is 0.269 e. The van der Waals surface area contributed by atoms with Crippen molar-refractivity contribution >= 4 is 5.69 Å². The van der Waals surface area contributed by atoms with Crippen molar-refractivity contribution in [2.75, 3.05) is 13.7 Å². The summed E-state index contributed by atoms with van der Waals surface area (Å²) in [5, 5.41) is 19.5. The lowest BCUT2D eigenvalue weighted by Crippen LogP contribution is -2.02. The van der Waals surface area contributed by atoms with Gasteiger partial charge < -0.3 is 14.3 Å². The molecule has 2 aromatic rings. The smallest absolute Gasteiger partial charge is 0.269 e. The zero-order valence-corrected chi connectivity index (χ0v) is 11.7. The van der Waals surface area contributed by atoms with Crippen LogP contribution in [0.4, 0.5) is 5.69 Å². The van der Waals surface area contributed by atoms with E-state index in [2.05, 4.69) is 0 Å². The zero-order valence-electron chi connectivity index (χ0n) is 11.7. The Morgan fingerprint density at radius 2 is 2.00 bits per heavy atom. The number of hydrogen-bond acceptors (Lipinski definition) is 5. The van der Waals surface area contributed by atoms with E-state index in [1.807, 2.05) is 12.1 Å². The highest BCUT2D eigenvalue weighted by Crippen LogP contribution is 2.28. The lowest BCUT2D eigenvalue weighted by molar-refractivity contribution is -0.384. The Morgan fingerprint density at radius 1 is 1.29 bits per heavy atom. The third kappa shape index (κ3) is 3.68. The second-order valence-electron chi connectivity index (χ2n) is 4.60. The average molecular weight is 291 g/mol. The minimum atomic E-state index is -0.439. The highest BCUT2D eigenvalue weighted by molar-refractivity contribution is 5.36. The van der Waals surface area contributed by atoms with Crippen molar-refractivity contribution in [2.24, 2.45) is 0 Å². The molecule has 1 N–H and O–H groups in total. The minimum Gasteiger partial charge on any atom is -0.463 e. The molecule has 0 fully saturated rings. The molecule has 0 aliphatic rings. The molecule has 0 aliphatic heterocycles. The third-order valence-corrected chi connectivity index (χ3v) is 3.16. The van der Waals surface area contributed by atoms with E-state index in [0.29, 0.717) is 18.6 Å². The molecule has 0 aliphatic carbocycles. The maximum absolute atomic E-state index is 10.7. The first-order valence-corrected chi connectivity index (χ1v) is 6.62. The van der Waals surface area contributed by atoms with Gasteiger partial charge in [0.1, 0.15) is 17.6 Å². The topological polar surface area (TPSA) is 85.7 Å². The molecule has 1 heterocycles. The Hall–Kier alpha value is -2.18. The lowest BCUT2D eigenvalue weighted by atomic mass is 10.1. The van der Waals surface area contributed by atoms with E-state index in [4.69, 9.17) is 14.3 Å². The van der Waals surface area contributed by atoms with Crippen LogP contribution in [0, 0.1) is 10.1 Å². The molecule has 1 unspecified atom stereocenters. The molecule has 6 heteroatoms. The van der Waals surface area contributed by atoms with Gasteiger partial charge in [0.05, 0.1) is 4.92 Å². The number of aryl methyl sites for hydroxylation is 1. The number of nitrogens with zero attached hydrogens (tertiary/aromatic N) is 1. The number of ether oxygens (including phenoxy) is 1. The van der Waals surface area contributed by atoms with Gasteiger partial charge in [0.2, 0.25) is 0 Å². The fourth-order valence-corrected chi connectivity index (χ4v) is 2.11. The molecule has 0 bridgehead atoms. The maximum atomic E-state index is 10.7. The van der Waals surface area contributed by atoms with Crippen molar-refractivity contribution in [1.82, 2.24) is 0 Å². The molecule has 0 saturated heterocycles. The number of nitro groups is 1. The number of aliphatic hydroxyl groups excluding tert-OH is 1. The van der Waals surface area contributed by atoms with E-state index in [1.165, 1.54) is 12.1 Å². The van der Waals surface area contributed by atoms with Crippen LogP contribution in [0.15, 0.2) is 40.8 Å². The minimum absolute atomic E-state index is 0.0386. The fraction of sp³-hybridized carbons (Fsp3) is 0.333. The Kier molecular flexibility index (Phi) is 5.08. The molecular formula is C15H17NO5. The molecular weight excluding hydrogens is 274 g/mol. The van der Waals surface area contributed by atoms with E-state index in [1.54, 1.807) is 19.2 Å². The van der Waals surface area contributed by atoms with Crippen LogP contribution in [-0.2, 0) is 11.2 Å². The number of rotatable bonds is 7. The SMILES string of the molecule is COC(c1ccc([N+](=O)[O-])cc1)c1ccc(CCCO)o1. The van der Waals surface area contributed by atoms with E-state index < -0.39 is 11.0 Å². The van der Waals surface area contributed by atoms with Crippen molar-refractivity contribution in [1.29, 1.82) is 0 Å². The molecule has 1 atom stereocenters. The van der Waals surface area contributed by atoms with Gasteiger partial charge in [-0.2, -0.15) is 0 Å². The molecule has 112 valence electrons. The number of hydrogen-bond donors (Lipinski definition) is 1. The van der Waals surface area contributed by atoms with Gasteiger partial charge in [-0.1, -0.05) is 0 Å². The van der Waals surface area contributed by atoms with Crippen LogP contribution in [-0.4, -0.2) is 23.7 Å². The molecule has 6 nitrogen and oxygen atoms in total. The number of aliphatic hydroxyl groups is 1. The van der Waals surface area contributed by atoms with Crippen molar-refractivity contribution < 1.29 is 19.2 Å². The van der Waals surface area contributed by atoms with Gasteiger partial charge in [0.25, 0.3) is 5.69 Å². The molecule has 0 radical (unpaired) electrons. The first-order chi connectivity index (χ1) is 10.2. The van der Waals surface area contributed by atoms with E-state index in [9.17, 15) is 10.1 Å². The van der Waals surface area contributed by atoms with Crippen LogP contribution in [0.25, 0.3) is 0 Å². The Labute approximate surface area is 122 Å². The lowest BCUT2D eigenvalue weighted by Gasteiger charge is -2.13. The highest BCUT2D eigenvalue weighted by Gasteiger charge is 2.18. The van der Waals surface area contributed by atoms with E-state index >= 15 is 0 Å². The van der Waals surface area contributed by atoms with Crippen LogP contribution in [0.3, 0.4) is 0 Å². The Morgan fingerprint density at radius 3 is 2.57 bits per heavy atom. The number of methoxy groups -OCH3 is 1. The number of non-ortho nitro benzene ring substituents is 1. The van der Waals surface area contributed by atoms with Crippen LogP contribution in [0.1, 0.15) is 29.6 Å². The molecule has 0 spiro atoms. The van der Waals surface area contributed by atoms with E-state index in [-0.39, 0.29) is 12.3 Å². The van der Waals surface area contributed by atoms with Crippen LogP contribution < -0.4 is 0 Å². The molecule has 21 heavy (non-hydrogen) atoms. The van der Waals surface area contributed by atoms with Gasteiger partial charge in [-0.3, -0.25) is 10.1 Å². The van der Waals surface area contributed by atoms with Crippen molar-refractivity contribution in [3.05, 3.63) is 63.6 Å². The summed E-state index contributed by atoms with van der Waals surface area (Å²) < 4.78 is 11.1. The fourth-order valence-electron chi connectivity index (χ4n) is 2.11. The first-order valence-electron chi connectivity index (χ1n) is 6.62. The largest absolute Gasteiger partial charge is 0.463 e. The Bertz CT molecular complexity index is 590. The van der Waals surface area contributed by atoms with Gasteiger partial charge in [0, 0.05) is 32.3 Å². The number of furan rings is 1. The summed E-state index contributed by atoms with van der Waals surface area (Å²) in [5.41, 5.74) is 0.822. The summed E-state index contributed by atoms with van der Waals surface area (Å²) in [7, 11) is 1.56. The second-order valence-corrected chi connectivity index (χ2v) is 4.60. The van der Waals surface area contributed by atoms with Crippen molar-refractivity contribution in [3.8, 4) is 0 Å². The van der Waals surface area contributed by atoms with Crippen LogP contribution in [0.5, 0.6) is 0 Å². The second kappa shape index (κ2) is 7.01. The zero-order chi connectivity index (χ0) is 15.2. The van der Waals surface area contributed by atoms with Crippen molar-refractivity contribution in [3.63, 3.8) is 0 Å². The van der Waals surface area contributed by atoms with E-state index in [0.717, 1.165) is 11.3 Å². The summed E-state index contributed by atoms with van der Waals surface area (Å²) in [6.45, 7) is 0.117. The van der Waals surface area contributed by atoms with Gasteiger partial charge in [-0.25, -0.2) is 0 Å². The molecule has 0 saturated carbocycles. The van der Waals surface area contributed by atoms with Crippen molar-refractivity contribution in [2.45, 2.75) is 18.9 Å². The number of nitro benzene ring substituents is 1. The summed E-state index contributed by atoms with van der Waals surface area (Å²) in [6.07, 6.45) is 0.892. The third-order valence-electron chi connectivity index (χ3n) is 3.16. The van der Waals surface area contributed by atoms with Crippen LogP contribution >= 0.6 is 0 Å².